The second kappa shape index (κ2) is 6.47. The molecule has 0 aliphatic rings. The summed E-state index contributed by atoms with van der Waals surface area (Å²) in [5.41, 5.74) is 5.32. The first-order valence-electron chi connectivity index (χ1n) is 5.68. The van der Waals surface area contributed by atoms with Gasteiger partial charge in [0.2, 0.25) is 0 Å². The molecule has 2 N–H and O–H groups in total. The lowest BCUT2D eigenvalue weighted by atomic mass is 10.2. The highest BCUT2D eigenvalue weighted by atomic mass is 127. The molecule has 0 aliphatic carbocycles. The van der Waals surface area contributed by atoms with Gasteiger partial charge in [-0.25, -0.2) is 4.39 Å². The molecule has 6 heteroatoms. The Hall–Kier alpha value is -1.96. The van der Waals surface area contributed by atoms with Crippen molar-refractivity contribution in [3.8, 4) is 0 Å². The quantitative estimate of drug-likeness (QED) is 0.618. The Balaban J connectivity index is 1.99. The monoisotopic (exact) mass is 384 g/mol. The highest BCUT2D eigenvalue weighted by Crippen LogP contribution is 2.10. The lowest BCUT2D eigenvalue weighted by Gasteiger charge is -2.08. The number of hydrogen-bond donors (Lipinski definition) is 2. The predicted molar refractivity (Wildman–Crippen MR) is 80.5 cm³/mol. The Kier molecular flexibility index (Phi) is 4.67. The van der Waals surface area contributed by atoms with Crippen molar-refractivity contribution in [3.63, 3.8) is 0 Å². The summed E-state index contributed by atoms with van der Waals surface area (Å²) >= 11 is 2.03. The smallest absolute Gasteiger partial charge is 0.267 e. The Bertz CT molecular complexity index is 644. The molecule has 0 saturated heterocycles. The number of amides is 2. The normalized spacial score (nSPS) is 9.90. The fraction of sp³-hybridized carbons (Fsp3) is 0. The fourth-order valence-corrected chi connectivity index (χ4v) is 2.13. The first-order chi connectivity index (χ1) is 9.58. The number of carbonyl (C=O) groups is 2. The minimum absolute atomic E-state index is 0.259. The van der Waals surface area contributed by atoms with E-state index in [1.807, 2.05) is 28.7 Å². The van der Waals surface area contributed by atoms with Crippen molar-refractivity contribution in [1.82, 2.24) is 10.9 Å². The zero-order valence-electron chi connectivity index (χ0n) is 10.2. The van der Waals surface area contributed by atoms with Gasteiger partial charge in [-0.2, -0.15) is 0 Å². The highest BCUT2D eigenvalue weighted by molar-refractivity contribution is 14.1. The summed E-state index contributed by atoms with van der Waals surface area (Å²) in [6, 6.07) is 12.0. The zero-order chi connectivity index (χ0) is 14.5. The average molecular weight is 384 g/mol. The van der Waals surface area contributed by atoms with Crippen molar-refractivity contribution in [1.29, 1.82) is 0 Å². The van der Waals surface area contributed by atoms with E-state index in [0.29, 0.717) is 5.56 Å². The van der Waals surface area contributed by atoms with Gasteiger partial charge in [-0.3, -0.25) is 20.4 Å². The van der Waals surface area contributed by atoms with E-state index < -0.39 is 17.6 Å². The summed E-state index contributed by atoms with van der Waals surface area (Å²) in [5.74, 6) is -1.35. The van der Waals surface area contributed by atoms with Gasteiger partial charge in [-0.05, 0) is 59.0 Å². The summed E-state index contributed by atoms with van der Waals surface area (Å²) in [5, 5.41) is 0. The van der Waals surface area contributed by atoms with Gasteiger partial charge < -0.3 is 0 Å². The number of halogens is 2. The van der Waals surface area contributed by atoms with Crippen molar-refractivity contribution in [3.05, 3.63) is 69.0 Å². The van der Waals surface area contributed by atoms with Crippen LogP contribution < -0.4 is 10.9 Å². The van der Waals surface area contributed by atoms with Crippen LogP contribution in [0.3, 0.4) is 0 Å². The van der Waals surface area contributed by atoms with Crippen LogP contribution in [0.15, 0.2) is 48.5 Å². The molecule has 0 saturated carbocycles. The van der Waals surface area contributed by atoms with Gasteiger partial charge in [0, 0.05) is 9.13 Å². The predicted octanol–water partition coefficient (Wildman–Crippen LogP) is 2.51. The summed E-state index contributed by atoms with van der Waals surface area (Å²) < 4.78 is 13.5. The molecule has 4 nitrogen and oxygen atoms in total. The van der Waals surface area contributed by atoms with Gasteiger partial charge in [0.25, 0.3) is 11.8 Å². The number of hydrazine groups is 1. The van der Waals surface area contributed by atoms with Crippen LogP contribution in [0.1, 0.15) is 20.7 Å². The molecule has 0 atom stereocenters. The second-order valence-electron chi connectivity index (χ2n) is 3.89. The van der Waals surface area contributed by atoms with E-state index in [9.17, 15) is 14.0 Å². The third kappa shape index (κ3) is 3.53. The molecule has 0 unspecified atom stereocenters. The summed E-state index contributed by atoms with van der Waals surface area (Å²) in [7, 11) is 0. The third-order valence-electron chi connectivity index (χ3n) is 2.51. The molecule has 0 heterocycles. The van der Waals surface area contributed by atoms with E-state index in [2.05, 4.69) is 10.9 Å². The van der Waals surface area contributed by atoms with Gasteiger partial charge in [0.15, 0.2) is 0 Å². The molecule has 0 radical (unpaired) electrons. The molecule has 2 aromatic rings. The largest absolute Gasteiger partial charge is 0.270 e. The van der Waals surface area contributed by atoms with Crippen LogP contribution >= 0.6 is 22.6 Å². The Morgan fingerprint density at radius 1 is 0.900 bits per heavy atom. The van der Waals surface area contributed by atoms with Gasteiger partial charge in [0.1, 0.15) is 5.82 Å². The lowest BCUT2D eigenvalue weighted by molar-refractivity contribution is 0.0846. The van der Waals surface area contributed by atoms with E-state index in [1.54, 1.807) is 18.2 Å². The molecule has 0 fully saturated rings. The molecule has 0 bridgehead atoms. The number of nitrogens with one attached hydrogen (secondary N) is 2. The van der Waals surface area contributed by atoms with Crippen molar-refractivity contribution in [2.75, 3.05) is 0 Å². The van der Waals surface area contributed by atoms with E-state index >= 15 is 0 Å². The summed E-state index contributed by atoms with van der Waals surface area (Å²) in [4.78, 5) is 23.6. The zero-order valence-corrected chi connectivity index (χ0v) is 12.3. The van der Waals surface area contributed by atoms with Crippen molar-refractivity contribution in [2.24, 2.45) is 0 Å². The van der Waals surface area contributed by atoms with Crippen molar-refractivity contribution in [2.45, 2.75) is 0 Å². The van der Waals surface area contributed by atoms with Gasteiger partial charge in [-0.15, -0.1) is 0 Å². The molecule has 0 aliphatic heterocycles. The Morgan fingerprint density at radius 3 is 2.15 bits per heavy atom. The van der Waals surface area contributed by atoms with Gasteiger partial charge >= 0.3 is 0 Å². The van der Waals surface area contributed by atoms with Crippen LogP contribution in [0.2, 0.25) is 0 Å². The topological polar surface area (TPSA) is 58.2 Å². The lowest BCUT2D eigenvalue weighted by Crippen LogP contribution is -2.41. The number of hydrogen-bond acceptors (Lipinski definition) is 2. The molecular weight excluding hydrogens is 374 g/mol. The van der Waals surface area contributed by atoms with Crippen LogP contribution in [0.4, 0.5) is 4.39 Å². The number of carbonyl (C=O) groups excluding carboxylic acids is 2. The van der Waals surface area contributed by atoms with E-state index in [-0.39, 0.29) is 5.56 Å². The molecule has 2 aromatic carbocycles. The minimum Gasteiger partial charge on any atom is -0.267 e. The Morgan fingerprint density at radius 2 is 1.50 bits per heavy atom. The first kappa shape index (κ1) is 14.4. The SMILES string of the molecule is O=C(NNC(=O)c1ccccc1I)c1ccc(F)cc1. The maximum atomic E-state index is 12.7. The van der Waals surface area contributed by atoms with Crippen molar-refractivity contribution >= 4 is 34.4 Å². The van der Waals surface area contributed by atoms with E-state index in [1.165, 1.54) is 24.3 Å². The summed E-state index contributed by atoms with van der Waals surface area (Å²) in [6.07, 6.45) is 0. The van der Waals surface area contributed by atoms with E-state index in [0.717, 1.165) is 3.57 Å². The first-order valence-corrected chi connectivity index (χ1v) is 6.76. The van der Waals surface area contributed by atoms with Gasteiger partial charge in [-0.1, -0.05) is 12.1 Å². The highest BCUT2D eigenvalue weighted by Gasteiger charge is 2.11. The Labute approximate surface area is 128 Å². The molecule has 20 heavy (non-hydrogen) atoms. The third-order valence-corrected chi connectivity index (χ3v) is 3.46. The van der Waals surface area contributed by atoms with Crippen LogP contribution in [0.25, 0.3) is 0 Å². The molecular formula is C14H10FIN2O2. The van der Waals surface area contributed by atoms with Crippen molar-refractivity contribution < 1.29 is 14.0 Å². The second-order valence-corrected chi connectivity index (χ2v) is 5.06. The van der Waals surface area contributed by atoms with Gasteiger partial charge in [0.05, 0.1) is 5.56 Å². The average Bonchev–Trinajstić information content (AvgIpc) is 2.45. The van der Waals surface area contributed by atoms with Crippen LogP contribution in [0.5, 0.6) is 0 Å². The molecule has 102 valence electrons. The van der Waals surface area contributed by atoms with Crippen LogP contribution in [-0.4, -0.2) is 11.8 Å². The van der Waals surface area contributed by atoms with Crippen LogP contribution in [0, 0.1) is 9.39 Å². The maximum absolute atomic E-state index is 12.7. The van der Waals surface area contributed by atoms with E-state index in [4.69, 9.17) is 0 Å². The standard InChI is InChI=1S/C14H10FIN2O2/c15-10-7-5-9(6-8-10)13(19)17-18-14(20)11-3-1-2-4-12(11)16/h1-8H,(H,17,19)(H,18,20). The maximum Gasteiger partial charge on any atom is 0.270 e. The number of benzene rings is 2. The fourth-order valence-electron chi connectivity index (χ4n) is 1.50. The molecule has 0 aromatic heterocycles. The molecule has 0 spiro atoms. The minimum atomic E-state index is -0.510. The summed E-state index contributed by atoms with van der Waals surface area (Å²) in [6.45, 7) is 0. The molecule has 2 amide bonds. The number of rotatable bonds is 2. The van der Waals surface area contributed by atoms with Crippen LogP contribution in [-0.2, 0) is 0 Å². The molecule has 2 rings (SSSR count).